The molecule has 0 bridgehead atoms. The minimum atomic E-state index is -0.558. The smallest absolute Gasteiger partial charge is 0.307 e. The summed E-state index contributed by atoms with van der Waals surface area (Å²) >= 11 is 0. The summed E-state index contributed by atoms with van der Waals surface area (Å²) in [6, 6.07) is 6.31. The fraction of sp³-hybridized carbons (Fsp3) is 0.500. The molecule has 1 aromatic carbocycles. The molecule has 0 aromatic heterocycles. The molecule has 0 amide bonds. The Morgan fingerprint density at radius 2 is 1.86 bits per heavy atom. The maximum atomic E-state index is 12.5. The molecule has 1 rings (SSSR count). The van der Waals surface area contributed by atoms with Crippen molar-refractivity contribution in [2.45, 2.75) is 32.2 Å². The molecular weight excluding hydrogens is 270 g/mol. The fourth-order valence-corrected chi connectivity index (χ4v) is 1.92. The zero-order chi connectivity index (χ0) is 15.7. The molecular formula is C16H23NO4. The summed E-state index contributed by atoms with van der Waals surface area (Å²) < 4.78 is 9.73. The SMILES string of the molecule is CCCCNC(CC(=O)OC)C(=O)c1ccc(OC)cc1. The molecule has 1 atom stereocenters. The van der Waals surface area contributed by atoms with Crippen LogP contribution in [0.3, 0.4) is 0 Å². The number of unbranched alkanes of at least 4 members (excludes halogenated alkanes) is 1. The van der Waals surface area contributed by atoms with Gasteiger partial charge in [0.25, 0.3) is 0 Å². The Bertz CT molecular complexity index is 456. The number of rotatable bonds is 9. The molecule has 0 fully saturated rings. The number of carbonyl (C=O) groups excluding carboxylic acids is 2. The van der Waals surface area contributed by atoms with Crippen LogP contribution in [0.1, 0.15) is 36.5 Å². The van der Waals surface area contributed by atoms with Gasteiger partial charge in [-0.3, -0.25) is 9.59 Å². The quantitative estimate of drug-likeness (QED) is 0.429. The topological polar surface area (TPSA) is 64.6 Å². The van der Waals surface area contributed by atoms with E-state index in [0.717, 1.165) is 12.8 Å². The lowest BCUT2D eigenvalue weighted by molar-refractivity contribution is -0.140. The van der Waals surface area contributed by atoms with Crippen molar-refractivity contribution in [3.05, 3.63) is 29.8 Å². The summed E-state index contributed by atoms with van der Waals surface area (Å²) in [4.78, 5) is 23.9. The molecule has 5 nitrogen and oxygen atoms in total. The maximum Gasteiger partial charge on any atom is 0.307 e. The van der Waals surface area contributed by atoms with Crippen molar-refractivity contribution < 1.29 is 19.1 Å². The molecule has 0 spiro atoms. The van der Waals surface area contributed by atoms with Gasteiger partial charge in [-0.05, 0) is 37.2 Å². The highest BCUT2D eigenvalue weighted by Crippen LogP contribution is 2.14. The Labute approximate surface area is 125 Å². The number of methoxy groups -OCH3 is 2. The normalized spacial score (nSPS) is 11.8. The third-order valence-electron chi connectivity index (χ3n) is 3.21. The summed E-state index contributed by atoms with van der Waals surface area (Å²) in [6.07, 6.45) is 2.01. The lowest BCUT2D eigenvalue weighted by Crippen LogP contribution is -2.39. The van der Waals surface area contributed by atoms with Crippen LogP contribution in [0.5, 0.6) is 5.75 Å². The van der Waals surface area contributed by atoms with Gasteiger partial charge in [-0.2, -0.15) is 0 Å². The summed E-state index contributed by atoms with van der Waals surface area (Å²) in [7, 11) is 2.90. The first-order valence-electron chi connectivity index (χ1n) is 7.10. The summed E-state index contributed by atoms with van der Waals surface area (Å²) in [5.74, 6) is 0.181. The molecule has 1 unspecified atom stereocenters. The van der Waals surface area contributed by atoms with Gasteiger partial charge in [-0.25, -0.2) is 0 Å². The predicted molar refractivity (Wildman–Crippen MR) is 80.7 cm³/mol. The largest absolute Gasteiger partial charge is 0.497 e. The first kappa shape index (κ1) is 17.2. The highest BCUT2D eigenvalue weighted by atomic mass is 16.5. The maximum absolute atomic E-state index is 12.5. The lowest BCUT2D eigenvalue weighted by Gasteiger charge is -2.16. The van der Waals surface area contributed by atoms with E-state index in [0.29, 0.717) is 17.9 Å². The van der Waals surface area contributed by atoms with Gasteiger partial charge < -0.3 is 14.8 Å². The average Bonchev–Trinajstić information content (AvgIpc) is 2.53. The van der Waals surface area contributed by atoms with Gasteiger partial charge in [-0.15, -0.1) is 0 Å². The molecule has 0 saturated carbocycles. The Morgan fingerprint density at radius 1 is 1.19 bits per heavy atom. The van der Waals surface area contributed by atoms with Crippen LogP contribution in [0, 0.1) is 0 Å². The number of carbonyl (C=O) groups is 2. The van der Waals surface area contributed by atoms with Crippen molar-refractivity contribution in [3.63, 3.8) is 0 Å². The van der Waals surface area contributed by atoms with Crippen molar-refractivity contribution in [1.82, 2.24) is 5.32 Å². The predicted octanol–water partition coefficient (Wildman–Crippen LogP) is 2.20. The molecule has 1 N–H and O–H groups in total. The van der Waals surface area contributed by atoms with Crippen LogP contribution in [-0.4, -0.2) is 38.6 Å². The van der Waals surface area contributed by atoms with Gasteiger partial charge in [0, 0.05) is 5.56 Å². The minimum absolute atomic E-state index is 0.0328. The summed E-state index contributed by atoms with van der Waals surface area (Å²) in [5, 5.41) is 3.13. The average molecular weight is 293 g/mol. The Balaban J connectivity index is 2.78. The van der Waals surface area contributed by atoms with Crippen LogP contribution in [-0.2, 0) is 9.53 Å². The Morgan fingerprint density at radius 3 is 2.38 bits per heavy atom. The number of Topliss-reactive ketones (excluding diaryl/α,β-unsaturated/α-hetero) is 1. The number of nitrogens with one attached hydrogen (secondary N) is 1. The molecule has 21 heavy (non-hydrogen) atoms. The van der Waals surface area contributed by atoms with Crippen LogP contribution in [0.25, 0.3) is 0 Å². The monoisotopic (exact) mass is 293 g/mol. The molecule has 1 aromatic rings. The van der Waals surface area contributed by atoms with Crippen LogP contribution in [0.2, 0.25) is 0 Å². The number of hydrogen-bond donors (Lipinski definition) is 1. The summed E-state index contributed by atoms with van der Waals surface area (Å²) in [6.45, 7) is 2.77. The van der Waals surface area contributed by atoms with Gasteiger partial charge in [0.1, 0.15) is 5.75 Å². The lowest BCUT2D eigenvalue weighted by atomic mass is 10.0. The van der Waals surface area contributed by atoms with E-state index in [1.165, 1.54) is 7.11 Å². The van der Waals surface area contributed by atoms with Gasteiger partial charge >= 0.3 is 5.97 Å². The van der Waals surface area contributed by atoms with Crippen molar-refractivity contribution in [2.75, 3.05) is 20.8 Å². The molecule has 0 saturated heterocycles. The molecule has 0 aliphatic heterocycles. The van der Waals surface area contributed by atoms with E-state index >= 15 is 0 Å². The van der Waals surface area contributed by atoms with E-state index in [9.17, 15) is 9.59 Å². The second-order valence-corrected chi connectivity index (χ2v) is 4.73. The molecule has 5 heteroatoms. The highest BCUT2D eigenvalue weighted by Gasteiger charge is 2.22. The van der Waals surface area contributed by atoms with Crippen LogP contribution in [0.15, 0.2) is 24.3 Å². The van der Waals surface area contributed by atoms with Crippen LogP contribution in [0.4, 0.5) is 0 Å². The van der Waals surface area contributed by atoms with E-state index in [1.54, 1.807) is 31.4 Å². The number of ether oxygens (including phenoxy) is 2. The van der Waals surface area contributed by atoms with Gasteiger partial charge in [0.15, 0.2) is 5.78 Å². The Kier molecular flexibility index (Phi) is 7.46. The van der Waals surface area contributed by atoms with Crippen molar-refractivity contribution in [1.29, 1.82) is 0 Å². The standard InChI is InChI=1S/C16H23NO4/c1-4-5-10-17-14(11-15(18)21-3)16(19)12-6-8-13(20-2)9-7-12/h6-9,14,17H,4-5,10-11H2,1-3H3. The number of hydrogen-bond acceptors (Lipinski definition) is 5. The van der Waals surface area contributed by atoms with E-state index in [1.807, 2.05) is 0 Å². The number of esters is 1. The van der Waals surface area contributed by atoms with Crippen molar-refractivity contribution in [2.24, 2.45) is 0 Å². The van der Waals surface area contributed by atoms with Gasteiger partial charge in [0.2, 0.25) is 0 Å². The van der Waals surface area contributed by atoms with E-state index < -0.39 is 12.0 Å². The van der Waals surface area contributed by atoms with Crippen molar-refractivity contribution >= 4 is 11.8 Å². The van der Waals surface area contributed by atoms with Crippen molar-refractivity contribution in [3.8, 4) is 5.75 Å². The van der Waals surface area contributed by atoms with E-state index in [-0.39, 0.29) is 12.2 Å². The molecule has 0 aliphatic rings. The number of benzene rings is 1. The summed E-state index contributed by atoms with van der Waals surface area (Å²) in [5.41, 5.74) is 0.550. The molecule has 0 radical (unpaired) electrons. The van der Waals surface area contributed by atoms with Crippen LogP contribution < -0.4 is 10.1 Å². The first-order chi connectivity index (χ1) is 10.1. The highest BCUT2D eigenvalue weighted by molar-refractivity contribution is 6.01. The second-order valence-electron chi connectivity index (χ2n) is 4.73. The zero-order valence-electron chi connectivity index (χ0n) is 12.8. The van der Waals surface area contributed by atoms with Crippen LogP contribution >= 0.6 is 0 Å². The molecule has 0 aliphatic carbocycles. The number of ketones is 1. The first-order valence-corrected chi connectivity index (χ1v) is 7.10. The van der Waals surface area contributed by atoms with E-state index in [2.05, 4.69) is 17.0 Å². The zero-order valence-corrected chi connectivity index (χ0v) is 12.8. The van der Waals surface area contributed by atoms with Gasteiger partial charge in [0.05, 0.1) is 26.7 Å². The van der Waals surface area contributed by atoms with E-state index in [4.69, 9.17) is 4.74 Å². The van der Waals surface area contributed by atoms with Gasteiger partial charge in [-0.1, -0.05) is 13.3 Å². The molecule has 0 heterocycles. The third kappa shape index (κ3) is 5.55. The fourth-order valence-electron chi connectivity index (χ4n) is 1.92. The molecule has 116 valence electrons. The minimum Gasteiger partial charge on any atom is -0.497 e. The Hall–Kier alpha value is -1.88. The second kappa shape index (κ2) is 9.13. The third-order valence-corrected chi connectivity index (χ3v) is 3.21.